The number of benzene rings is 1. The first-order valence-corrected chi connectivity index (χ1v) is 5.95. The maximum absolute atomic E-state index is 6.16. The van der Waals surface area contributed by atoms with Gasteiger partial charge in [0.1, 0.15) is 0 Å². The second kappa shape index (κ2) is 4.75. The van der Waals surface area contributed by atoms with Gasteiger partial charge in [0.25, 0.3) is 0 Å². The van der Waals surface area contributed by atoms with Gasteiger partial charge in [0.05, 0.1) is 10.6 Å². The number of aryl methyl sites for hydroxylation is 2. The first-order valence-electron chi connectivity index (χ1n) is 5.57. The van der Waals surface area contributed by atoms with E-state index < -0.39 is 0 Å². The van der Waals surface area contributed by atoms with Gasteiger partial charge >= 0.3 is 0 Å². The van der Waals surface area contributed by atoms with Gasteiger partial charge in [-0.25, -0.2) is 9.67 Å². The minimum atomic E-state index is 0.601. The molecule has 5 heteroatoms. The van der Waals surface area contributed by atoms with Crippen LogP contribution in [0.15, 0.2) is 18.2 Å². The van der Waals surface area contributed by atoms with E-state index in [4.69, 9.17) is 17.3 Å². The molecule has 0 aliphatic carbocycles. The molecule has 1 heterocycles. The smallest absolute Gasteiger partial charge is 0.161 e. The van der Waals surface area contributed by atoms with Crippen molar-refractivity contribution in [2.75, 3.05) is 5.73 Å². The lowest BCUT2D eigenvalue weighted by molar-refractivity contribution is 0.738. The number of hydrogen-bond donors (Lipinski definition) is 1. The fourth-order valence-electron chi connectivity index (χ4n) is 1.76. The van der Waals surface area contributed by atoms with E-state index in [0.717, 1.165) is 30.1 Å². The highest BCUT2D eigenvalue weighted by Gasteiger charge is 2.14. The molecule has 0 saturated heterocycles. The van der Waals surface area contributed by atoms with Gasteiger partial charge in [0.2, 0.25) is 0 Å². The number of nitrogen functional groups attached to an aromatic ring is 1. The Morgan fingerprint density at radius 2 is 2.18 bits per heavy atom. The molecule has 0 saturated carbocycles. The van der Waals surface area contributed by atoms with Crippen LogP contribution in [0.5, 0.6) is 0 Å². The average Bonchev–Trinajstić information content (AvgIpc) is 2.60. The third-order valence-electron chi connectivity index (χ3n) is 2.55. The van der Waals surface area contributed by atoms with Crippen molar-refractivity contribution in [2.45, 2.75) is 19.8 Å². The first kappa shape index (κ1) is 11.9. The maximum atomic E-state index is 6.16. The van der Waals surface area contributed by atoms with Gasteiger partial charge in [-0.3, -0.25) is 0 Å². The summed E-state index contributed by atoms with van der Waals surface area (Å²) < 4.78 is 1.72. The van der Waals surface area contributed by atoms with Crippen LogP contribution in [-0.2, 0) is 13.5 Å². The molecule has 2 rings (SSSR count). The zero-order valence-corrected chi connectivity index (χ0v) is 10.7. The number of rotatable bonds is 3. The Kier molecular flexibility index (Phi) is 3.33. The van der Waals surface area contributed by atoms with Crippen LogP contribution in [0.4, 0.5) is 5.69 Å². The van der Waals surface area contributed by atoms with Gasteiger partial charge in [-0.1, -0.05) is 24.6 Å². The molecule has 0 spiro atoms. The van der Waals surface area contributed by atoms with Crippen LogP contribution in [0.1, 0.15) is 19.2 Å². The van der Waals surface area contributed by atoms with E-state index in [9.17, 15) is 0 Å². The van der Waals surface area contributed by atoms with Crippen molar-refractivity contribution in [3.05, 3.63) is 29.0 Å². The van der Waals surface area contributed by atoms with Gasteiger partial charge in [0.15, 0.2) is 11.6 Å². The van der Waals surface area contributed by atoms with Crippen LogP contribution in [-0.4, -0.2) is 14.8 Å². The highest BCUT2D eigenvalue weighted by molar-refractivity contribution is 6.33. The van der Waals surface area contributed by atoms with Crippen LogP contribution in [0.2, 0.25) is 5.02 Å². The Labute approximate surface area is 105 Å². The standard InChI is InChI=1S/C12H15ClN4/c1-3-5-10-15-12(17(2)16-10)11-8(13)6-4-7-9(11)14/h4,6-7H,3,5,14H2,1-2H3. The van der Waals surface area contributed by atoms with Crippen molar-refractivity contribution in [1.82, 2.24) is 14.8 Å². The molecule has 0 atom stereocenters. The normalized spacial score (nSPS) is 10.8. The summed E-state index contributed by atoms with van der Waals surface area (Å²) in [4.78, 5) is 4.48. The summed E-state index contributed by atoms with van der Waals surface area (Å²) in [7, 11) is 1.85. The van der Waals surface area contributed by atoms with Crippen LogP contribution in [0.3, 0.4) is 0 Å². The molecule has 0 radical (unpaired) electrons. The number of nitrogens with zero attached hydrogens (tertiary/aromatic N) is 3. The van der Waals surface area contributed by atoms with Crippen molar-refractivity contribution in [1.29, 1.82) is 0 Å². The summed E-state index contributed by atoms with van der Waals surface area (Å²) >= 11 is 6.16. The van der Waals surface area contributed by atoms with Crippen molar-refractivity contribution < 1.29 is 0 Å². The second-order valence-corrected chi connectivity index (χ2v) is 4.34. The predicted octanol–water partition coefficient (Wildman–Crippen LogP) is 2.67. The van der Waals surface area contributed by atoms with Gasteiger partial charge in [-0.15, -0.1) is 0 Å². The van der Waals surface area contributed by atoms with Crippen molar-refractivity contribution in [3.8, 4) is 11.4 Å². The van der Waals surface area contributed by atoms with E-state index in [1.165, 1.54) is 0 Å². The third kappa shape index (κ3) is 2.26. The van der Waals surface area contributed by atoms with Crippen molar-refractivity contribution in [2.24, 2.45) is 7.05 Å². The number of nitrogens with two attached hydrogens (primary N) is 1. The number of aromatic nitrogens is 3. The van der Waals surface area contributed by atoms with E-state index in [1.54, 1.807) is 10.7 Å². The lowest BCUT2D eigenvalue weighted by atomic mass is 10.1. The summed E-state index contributed by atoms with van der Waals surface area (Å²) in [5.74, 6) is 1.54. The summed E-state index contributed by atoms with van der Waals surface area (Å²) in [6.07, 6.45) is 1.87. The monoisotopic (exact) mass is 250 g/mol. The quantitative estimate of drug-likeness (QED) is 0.852. The number of anilines is 1. The van der Waals surface area contributed by atoms with Crippen LogP contribution < -0.4 is 5.73 Å². The molecular formula is C12H15ClN4. The Bertz CT molecular complexity index is 513. The molecule has 0 bridgehead atoms. The average molecular weight is 251 g/mol. The van der Waals surface area contributed by atoms with E-state index in [0.29, 0.717) is 10.7 Å². The molecule has 0 unspecified atom stereocenters. The summed E-state index contributed by atoms with van der Waals surface area (Å²) in [5.41, 5.74) is 7.32. The summed E-state index contributed by atoms with van der Waals surface area (Å²) in [5, 5.41) is 4.95. The lowest BCUT2D eigenvalue weighted by Crippen LogP contribution is -1.98. The summed E-state index contributed by atoms with van der Waals surface area (Å²) in [6, 6.07) is 5.45. The van der Waals surface area contributed by atoms with Gasteiger partial charge < -0.3 is 5.73 Å². The molecule has 0 aliphatic heterocycles. The van der Waals surface area contributed by atoms with Crippen molar-refractivity contribution >= 4 is 17.3 Å². The molecule has 2 N–H and O–H groups in total. The van der Waals surface area contributed by atoms with Crippen molar-refractivity contribution in [3.63, 3.8) is 0 Å². The third-order valence-corrected chi connectivity index (χ3v) is 2.86. The van der Waals surface area contributed by atoms with Gasteiger partial charge in [0, 0.05) is 19.2 Å². The lowest BCUT2D eigenvalue weighted by Gasteiger charge is -2.06. The highest BCUT2D eigenvalue weighted by atomic mass is 35.5. The van der Waals surface area contributed by atoms with Crippen LogP contribution in [0, 0.1) is 0 Å². The molecule has 4 nitrogen and oxygen atoms in total. The van der Waals surface area contributed by atoms with E-state index in [1.807, 2.05) is 19.2 Å². The molecule has 2 aromatic rings. The molecule has 1 aromatic carbocycles. The topological polar surface area (TPSA) is 56.7 Å². The fourth-order valence-corrected chi connectivity index (χ4v) is 2.03. The fraction of sp³-hybridized carbons (Fsp3) is 0.333. The van der Waals surface area contributed by atoms with Crippen LogP contribution in [0.25, 0.3) is 11.4 Å². The minimum absolute atomic E-state index is 0.601. The predicted molar refractivity (Wildman–Crippen MR) is 69.9 cm³/mol. The molecular weight excluding hydrogens is 236 g/mol. The molecule has 0 fully saturated rings. The van der Waals surface area contributed by atoms with Gasteiger partial charge in [-0.05, 0) is 18.6 Å². The highest BCUT2D eigenvalue weighted by Crippen LogP contribution is 2.31. The SMILES string of the molecule is CCCc1nc(-c2c(N)cccc2Cl)n(C)n1. The van der Waals surface area contributed by atoms with E-state index >= 15 is 0 Å². The Hall–Kier alpha value is -1.55. The first-order chi connectivity index (χ1) is 8.13. The Balaban J connectivity index is 2.52. The summed E-state index contributed by atoms with van der Waals surface area (Å²) in [6.45, 7) is 2.10. The maximum Gasteiger partial charge on any atom is 0.161 e. The number of halogens is 1. The zero-order chi connectivity index (χ0) is 12.4. The molecule has 1 aromatic heterocycles. The zero-order valence-electron chi connectivity index (χ0n) is 9.94. The Morgan fingerprint density at radius 3 is 2.82 bits per heavy atom. The number of hydrogen-bond acceptors (Lipinski definition) is 3. The Morgan fingerprint density at radius 1 is 1.41 bits per heavy atom. The second-order valence-electron chi connectivity index (χ2n) is 3.93. The molecule has 17 heavy (non-hydrogen) atoms. The molecule has 90 valence electrons. The van der Waals surface area contributed by atoms with Gasteiger partial charge in [-0.2, -0.15) is 5.10 Å². The minimum Gasteiger partial charge on any atom is -0.398 e. The van der Waals surface area contributed by atoms with E-state index in [2.05, 4.69) is 17.0 Å². The molecule has 0 amide bonds. The largest absolute Gasteiger partial charge is 0.398 e. The van der Waals surface area contributed by atoms with Crippen LogP contribution >= 0.6 is 11.6 Å². The van der Waals surface area contributed by atoms with E-state index in [-0.39, 0.29) is 0 Å². The molecule has 0 aliphatic rings.